The quantitative estimate of drug-likeness (QED) is 0.380. The molecule has 0 amide bonds. The standard InChI is InChI=1S/C24H26N2O3S/c1-17(10-11-18-6-3-2-4-7-18)25-15-20(27)16-28-21-9-5-8-19(14-21)23-24-22(29-26-23)12-13-30-24/h2-9,12-14,17,20,25,27H,10-11,15-16H2,1H3. The molecule has 156 valence electrons. The number of rotatable bonds is 10. The molecule has 0 saturated heterocycles. The number of aromatic nitrogens is 1. The molecule has 0 aliphatic heterocycles. The second kappa shape index (κ2) is 9.89. The molecule has 0 fully saturated rings. The lowest BCUT2D eigenvalue weighted by molar-refractivity contribution is 0.104. The van der Waals surface area contributed by atoms with Crippen molar-refractivity contribution in [2.45, 2.75) is 31.9 Å². The number of thiophene rings is 1. The van der Waals surface area contributed by atoms with Gasteiger partial charge in [-0.1, -0.05) is 47.6 Å². The molecule has 2 unspecified atom stereocenters. The van der Waals surface area contributed by atoms with Gasteiger partial charge in [-0.15, -0.1) is 11.3 Å². The number of aryl methyl sites for hydroxylation is 1. The van der Waals surface area contributed by atoms with Crippen molar-refractivity contribution >= 4 is 21.6 Å². The lowest BCUT2D eigenvalue weighted by atomic mass is 10.1. The van der Waals surface area contributed by atoms with Crippen molar-refractivity contribution in [3.63, 3.8) is 0 Å². The number of aliphatic hydroxyl groups excluding tert-OH is 1. The Morgan fingerprint density at radius 3 is 2.87 bits per heavy atom. The van der Waals surface area contributed by atoms with Crippen LogP contribution in [0.4, 0.5) is 0 Å². The highest BCUT2D eigenvalue weighted by Crippen LogP contribution is 2.33. The molecule has 2 aromatic carbocycles. The van der Waals surface area contributed by atoms with Crippen molar-refractivity contribution in [2.24, 2.45) is 0 Å². The molecule has 2 N–H and O–H groups in total. The van der Waals surface area contributed by atoms with Gasteiger partial charge in [0.25, 0.3) is 0 Å². The predicted octanol–water partition coefficient (Wildman–Crippen LogP) is 4.91. The second-order valence-electron chi connectivity index (χ2n) is 7.47. The van der Waals surface area contributed by atoms with E-state index in [1.54, 1.807) is 11.3 Å². The number of aliphatic hydroxyl groups is 1. The van der Waals surface area contributed by atoms with Gasteiger partial charge < -0.3 is 19.7 Å². The van der Waals surface area contributed by atoms with Crippen molar-refractivity contribution in [3.8, 4) is 17.0 Å². The highest BCUT2D eigenvalue weighted by Gasteiger charge is 2.13. The summed E-state index contributed by atoms with van der Waals surface area (Å²) < 4.78 is 12.2. The van der Waals surface area contributed by atoms with Crippen molar-refractivity contribution in [2.75, 3.05) is 13.2 Å². The Morgan fingerprint density at radius 2 is 2.00 bits per heavy atom. The summed E-state index contributed by atoms with van der Waals surface area (Å²) in [6.07, 6.45) is 1.46. The SMILES string of the molecule is CC(CCc1ccccc1)NCC(O)COc1cccc(-c2noc3ccsc23)c1. The van der Waals surface area contributed by atoms with Crippen LogP contribution < -0.4 is 10.1 Å². The number of nitrogens with one attached hydrogen (secondary N) is 1. The first-order valence-electron chi connectivity index (χ1n) is 10.2. The second-order valence-corrected chi connectivity index (χ2v) is 8.39. The third kappa shape index (κ3) is 5.27. The maximum atomic E-state index is 10.3. The fourth-order valence-corrected chi connectivity index (χ4v) is 4.13. The molecule has 4 rings (SSSR count). The summed E-state index contributed by atoms with van der Waals surface area (Å²) >= 11 is 1.61. The Kier molecular flexibility index (Phi) is 6.79. The van der Waals surface area contributed by atoms with Crippen LogP contribution in [-0.2, 0) is 6.42 Å². The molecular weight excluding hydrogens is 396 g/mol. The first-order chi connectivity index (χ1) is 14.7. The van der Waals surface area contributed by atoms with Gasteiger partial charge in [0.15, 0.2) is 5.58 Å². The smallest absolute Gasteiger partial charge is 0.178 e. The molecule has 0 aliphatic rings. The number of benzene rings is 2. The lowest BCUT2D eigenvalue weighted by Gasteiger charge is -2.18. The average molecular weight is 423 g/mol. The normalized spacial score (nSPS) is 13.4. The minimum Gasteiger partial charge on any atom is -0.491 e. The number of nitrogens with zero attached hydrogens (tertiary/aromatic N) is 1. The van der Waals surface area contributed by atoms with Gasteiger partial charge in [-0.3, -0.25) is 0 Å². The van der Waals surface area contributed by atoms with Crippen LogP contribution in [0.2, 0.25) is 0 Å². The van der Waals surface area contributed by atoms with Crippen molar-refractivity contribution in [1.82, 2.24) is 10.5 Å². The largest absolute Gasteiger partial charge is 0.491 e. The summed E-state index contributed by atoms with van der Waals surface area (Å²) in [7, 11) is 0. The Balaban J connectivity index is 1.24. The summed E-state index contributed by atoms with van der Waals surface area (Å²) in [6, 6.07) is 20.4. The average Bonchev–Trinajstić information content (AvgIpc) is 3.40. The van der Waals surface area contributed by atoms with Gasteiger partial charge in [0, 0.05) is 18.2 Å². The summed E-state index contributed by atoms with van der Waals surface area (Å²) in [4.78, 5) is 0. The maximum Gasteiger partial charge on any atom is 0.178 e. The van der Waals surface area contributed by atoms with Gasteiger partial charge >= 0.3 is 0 Å². The first kappa shape index (κ1) is 20.6. The zero-order valence-corrected chi connectivity index (χ0v) is 17.8. The van der Waals surface area contributed by atoms with Gasteiger partial charge in [0.05, 0.1) is 0 Å². The van der Waals surface area contributed by atoms with Crippen LogP contribution >= 0.6 is 11.3 Å². The van der Waals surface area contributed by atoms with Gasteiger partial charge in [-0.05, 0) is 48.9 Å². The lowest BCUT2D eigenvalue weighted by Crippen LogP contribution is -2.36. The molecule has 2 heterocycles. The van der Waals surface area contributed by atoms with E-state index < -0.39 is 6.10 Å². The van der Waals surface area contributed by atoms with E-state index >= 15 is 0 Å². The topological polar surface area (TPSA) is 67.5 Å². The molecule has 5 nitrogen and oxygen atoms in total. The third-order valence-electron chi connectivity index (χ3n) is 5.04. The van der Waals surface area contributed by atoms with E-state index in [2.05, 4.69) is 41.7 Å². The molecule has 2 aromatic heterocycles. The predicted molar refractivity (Wildman–Crippen MR) is 121 cm³/mol. The zero-order valence-electron chi connectivity index (χ0n) is 17.0. The van der Waals surface area contributed by atoms with E-state index in [9.17, 15) is 5.11 Å². The molecule has 0 spiro atoms. The Bertz CT molecular complexity index is 1060. The van der Waals surface area contributed by atoms with Crippen LogP contribution in [0.3, 0.4) is 0 Å². The highest BCUT2D eigenvalue weighted by molar-refractivity contribution is 7.17. The fourth-order valence-electron chi connectivity index (χ4n) is 3.31. The van der Waals surface area contributed by atoms with Crippen LogP contribution in [0.25, 0.3) is 21.5 Å². The van der Waals surface area contributed by atoms with Gasteiger partial charge in [0.2, 0.25) is 0 Å². The van der Waals surface area contributed by atoms with Crippen molar-refractivity contribution in [3.05, 3.63) is 71.6 Å². The van der Waals surface area contributed by atoms with E-state index in [-0.39, 0.29) is 6.61 Å². The van der Waals surface area contributed by atoms with Crippen molar-refractivity contribution in [1.29, 1.82) is 0 Å². The maximum absolute atomic E-state index is 10.3. The van der Waals surface area contributed by atoms with Gasteiger partial charge in [0.1, 0.15) is 28.9 Å². The van der Waals surface area contributed by atoms with E-state index in [0.29, 0.717) is 18.3 Å². The Labute approximate surface area is 180 Å². The molecule has 0 aliphatic carbocycles. The zero-order chi connectivity index (χ0) is 20.8. The van der Waals surface area contributed by atoms with E-state index in [0.717, 1.165) is 34.4 Å². The summed E-state index contributed by atoms with van der Waals surface area (Å²) in [6.45, 7) is 2.87. The highest BCUT2D eigenvalue weighted by atomic mass is 32.1. The van der Waals surface area contributed by atoms with E-state index in [1.807, 2.05) is 41.8 Å². The Morgan fingerprint density at radius 1 is 1.13 bits per heavy atom. The molecule has 2 atom stereocenters. The molecule has 6 heteroatoms. The number of hydrogen-bond donors (Lipinski definition) is 2. The Hall–Kier alpha value is -2.67. The van der Waals surface area contributed by atoms with Gasteiger partial charge in [-0.25, -0.2) is 0 Å². The molecule has 4 aromatic rings. The van der Waals surface area contributed by atoms with E-state index in [1.165, 1.54) is 5.56 Å². The van der Waals surface area contributed by atoms with E-state index in [4.69, 9.17) is 9.26 Å². The molecular formula is C24H26N2O3S. The monoisotopic (exact) mass is 422 g/mol. The minimum absolute atomic E-state index is 0.231. The molecule has 0 radical (unpaired) electrons. The van der Waals surface area contributed by atoms with Crippen LogP contribution in [0.5, 0.6) is 5.75 Å². The number of hydrogen-bond acceptors (Lipinski definition) is 6. The van der Waals surface area contributed by atoms with Crippen LogP contribution in [0.15, 0.2) is 70.6 Å². The summed E-state index contributed by atoms with van der Waals surface area (Å²) in [5, 5.41) is 19.8. The van der Waals surface area contributed by atoms with Crippen LogP contribution in [0, 0.1) is 0 Å². The summed E-state index contributed by atoms with van der Waals surface area (Å²) in [5.74, 6) is 0.705. The fraction of sp³-hybridized carbons (Fsp3) is 0.292. The van der Waals surface area contributed by atoms with Crippen LogP contribution in [-0.4, -0.2) is 35.6 Å². The third-order valence-corrected chi connectivity index (χ3v) is 5.94. The van der Waals surface area contributed by atoms with Crippen LogP contribution in [0.1, 0.15) is 18.9 Å². The molecule has 0 saturated carbocycles. The first-order valence-corrected chi connectivity index (χ1v) is 11.1. The van der Waals surface area contributed by atoms with Gasteiger partial charge in [-0.2, -0.15) is 0 Å². The minimum atomic E-state index is -0.580. The molecule has 30 heavy (non-hydrogen) atoms. The molecule has 0 bridgehead atoms. The van der Waals surface area contributed by atoms with Crippen molar-refractivity contribution < 1.29 is 14.4 Å². The number of ether oxygens (including phenoxy) is 1. The number of fused-ring (bicyclic) bond motifs is 1. The summed E-state index contributed by atoms with van der Waals surface area (Å²) in [5.41, 5.74) is 3.89.